The number of ether oxygens (including phenoxy) is 1. The second kappa shape index (κ2) is 8.48. The molecule has 1 heterocycles. The Morgan fingerprint density at radius 3 is 2.81 bits per heavy atom. The molecule has 0 unspecified atom stereocenters. The number of Topliss-reactive ketones (excluding diaryl/α,β-unsaturated/α-hetero) is 1. The lowest BCUT2D eigenvalue weighted by molar-refractivity contribution is 0.101. The number of hydrogen-bond donors (Lipinski definition) is 1. The van der Waals surface area contributed by atoms with E-state index in [1.165, 1.54) is 26.2 Å². The van der Waals surface area contributed by atoms with Gasteiger partial charge in [-0.2, -0.15) is 5.26 Å². The summed E-state index contributed by atoms with van der Waals surface area (Å²) in [4.78, 5) is 15.9. The first-order valence-electron chi connectivity index (χ1n) is 9.06. The summed E-state index contributed by atoms with van der Waals surface area (Å²) in [6.07, 6.45) is 7.91. The lowest BCUT2D eigenvalue weighted by Crippen LogP contribution is -2.20. The van der Waals surface area contributed by atoms with Crippen molar-refractivity contribution in [1.82, 2.24) is 4.98 Å². The Morgan fingerprint density at radius 2 is 2.08 bits per heavy atom. The molecular weight excluding hydrogens is 326 g/mol. The standard InChI is InChI=1S/C21H23N3O2/c1-15(25)17-7-8-18(13-22)20(12-17)24-14-16-9-10-23-21(11-16)26-19-5-3-2-4-6-19/h7-12,19,24H,2-6,14H2,1H3. The van der Waals surface area contributed by atoms with Crippen molar-refractivity contribution >= 4 is 11.5 Å². The molecule has 1 N–H and O–H groups in total. The minimum atomic E-state index is -0.0235. The molecule has 1 aromatic heterocycles. The van der Waals surface area contributed by atoms with Crippen molar-refractivity contribution in [1.29, 1.82) is 5.26 Å². The fourth-order valence-corrected chi connectivity index (χ4v) is 3.18. The van der Waals surface area contributed by atoms with Crippen molar-refractivity contribution in [2.24, 2.45) is 0 Å². The van der Waals surface area contributed by atoms with Crippen LogP contribution in [0.3, 0.4) is 0 Å². The summed E-state index contributed by atoms with van der Waals surface area (Å²) in [6.45, 7) is 2.04. The maximum absolute atomic E-state index is 11.6. The number of benzene rings is 1. The fourth-order valence-electron chi connectivity index (χ4n) is 3.18. The molecule has 1 fully saturated rings. The highest BCUT2D eigenvalue weighted by molar-refractivity contribution is 5.95. The van der Waals surface area contributed by atoms with E-state index in [9.17, 15) is 10.1 Å². The fraction of sp³-hybridized carbons (Fsp3) is 0.381. The number of nitrogens with zero attached hydrogens (tertiary/aromatic N) is 2. The van der Waals surface area contributed by atoms with Gasteiger partial charge in [-0.25, -0.2) is 4.98 Å². The largest absolute Gasteiger partial charge is 0.474 e. The predicted octanol–water partition coefficient (Wildman–Crippen LogP) is 4.48. The van der Waals surface area contributed by atoms with Crippen molar-refractivity contribution in [3.8, 4) is 11.9 Å². The van der Waals surface area contributed by atoms with Crippen molar-refractivity contribution in [2.75, 3.05) is 5.32 Å². The van der Waals surface area contributed by atoms with Crippen LogP contribution in [0.25, 0.3) is 0 Å². The van der Waals surface area contributed by atoms with Crippen molar-refractivity contribution in [3.63, 3.8) is 0 Å². The van der Waals surface area contributed by atoms with Gasteiger partial charge in [0.2, 0.25) is 5.88 Å². The van der Waals surface area contributed by atoms with Gasteiger partial charge in [-0.3, -0.25) is 4.79 Å². The summed E-state index contributed by atoms with van der Waals surface area (Å²) in [5.41, 5.74) is 2.78. The van der Waals surface area contributed by atoms with Crippen LogP contribution in [0.1, 0.15) is 60.5 Å². The number of carbonyl (C=O) groups excluding carboxylic acids is 1. The van der Waals surface area contributed by atoms with Crippen LogP contribution in [0.4, 0.5) is 5.69 Å². The van der Waals surface area contributed by atoms with Gasteiger partial charge >= 0.3 is 0 Å². The highest BCUT2D eigenvalue weighted by atomic mass is 16.5. The van der Waals surface area contributed by atoms with Crippen LogP contribution >= 0.6 is 0 Å². The molecule has 1 aromatic carbocycles. The summed E-state index contributed by atoms with van der Waals surface area (Å²) in [7, 11) is 0. The van der Waals surface area contributed by atoms with Crippen LogP contribution in [0.2, 0.25) is 0 Å². The van der Waals surface area contributed by atoms with E-state index in [4.69, 9.17) is 4.74 Å². The van der Waals surface area contributed by atoms with Gasteiger partial charge < -0.3 is 10.1 Å². The summed E-state index contributed by atoms with van der Waals surface area (Å²) in [5, 5.41) is 12.5. The molecule has 0 saturated heterocycles. The Hall–Kier alpha value is -2.87. The summed E-state index contributed by atoms with van der Waals surface area (Å²) < 4.78 is 6.01. The van der Waals surface area contributed by atoms with Crippen molar-refractivity contribution < 1.29 is 9.53 Å². The second-order valence-electron chi connectivity index (χ2n) is 6.66. The maximum atomic E-state index is 11.6. The van der Waals surface area contributed by atoms with Gasteiger partial charge in [0.1, 0.15) is 12.2 Å². The molecule has 134 valence electrons. The molecule has 0 radical (unpaired) electrons. The Balaban J connectivity index is 1.68. The van der Waals surface area contributed by atoms with Gasteiger partial charge in [0, 0.05) is 24.4 Å². The molecule has 0 aliphatic heterocycles. The third kappa shape index (κ3) is 4.60. The molecule has 1 saturated carbocycles. The van der Waals surface area contributed by atoms with Crippen LogP contribution in [-0.4, -0.2) is 16.9 Å². The van der Waals surface area contributed by atoms with E-state index in [1.807, 2.05) is 12.1 Å². The zero-order valence-electron chi connectivity index (χ0n) is 15.0. The van der Waals surface area contributed by atoms with Crippen LogP contribution in [-0.2, 0) is 6.54 Å². The van der Waals surface area contributed by atoms with Gasteiger partial charge in [0.25, 0.3) is 0 Å². The Bertz CT molecular complexity index is 820. The average Bonchev–Trinajstić information content (AvgIpc) is 2.67. The van der Waals surface area contributed by atoms with E-state index in [1.54, 1.807) is 24.4 Å². The molecule has 5 nitrogen and oxygen atoms in total. The molecular formula is C21H23N3O2. The van der Waals surface area contributed by atoms with Gasteiger partial charge in [0.15, 0.2) is 5.78 Å². The third-order valence-corrected chi connectivity index (χ3v) is 4.67. The molecule has 2 aromatic rings. The maximum Gasteiger partial charge on any atom is 0.213 e. The van der Waals surface area contributed by atoms with Crippen LogP contribution in [0.15, 0.2) is 36.5 Å². The number of anilines is 1. The van der Waals surface area contributed by atoms with Crippen molar-refractivity contribution in [3.05, 3.63) is 53.2 Å². The number of hydrogen-bond acceptors (Lipinski definition) is 5. The highest BCUT2D eigenvalue weighted by Gasteiger charge is 2.15. The van der Waals surface area contributed by atoms with Gasteiger partial charge in [-0.1, -0.05) is 6.42 Å². The quantitative estimate of drug-likeness (QED) is 0.778. The molecule has 0 amide bonds. The molecule has 0 atom stereocenters. The topological polar surface area (TPSA) is 75.0 Å². The van der Waals surface area contributed by atoms with Gasteiger partial charge in [-0.05, 0) is 62.4 Å². The van der Waals surface area contributed by atoms with Gasteiger partial charge in [0.05, 0.1) is 11.3 Å². The molecule has 5 heteroatoms. The van der Waals surface area contributed by atoms with E-state index < -0.39 is 0 Å². The van der Waals surface area contributed by atoms with Crippen LogP contribution < -0.4 is 10.1 Å². The number of carbonyl (C=O) groups is 1. The average molecular weight is 349 g/mol. The monoisotopic (exact) mass is 349 g/mol. The molecule has 3 rings (SSSR count). The minimum Gasteiger partial charge on any atom is -0.474 e. The first kappa shape index (κ1) is 17.9. The normalized spacial score (nSPS) is 14.5. The summed E-state index contributed by atoms with van der Waals surface area (Å²) >= 11 is 0. The molecule has 1 aliphatic rings. The number of aromatic nitrogens is 1. The molecule has 0 bridgehead atoms. The smallest absolute Gasteiger partial charge is 0.213 e. The zero-order chi connectivity index (χ0) is 18.4. The number of nitriles is 1. The van der Waals surface area contributed by atoms with Gasteiger partial charge in [-0.15, -0.1) is 0 Å². The Morgan fingerprint density at radius 1 is 1.27 bits per heavy atom. The van der Waals surface area contributed by atoms with E-state index in [0.29, 0.717) is 29.2 Å². The van der Waals surface area contributed by atoms with Crippen molar-refractivity contribution in [2.45, 2.75) is 51.7 Å². The summed E-state index contributed by atoms with van der Waals surface area (Å²) in [5.74, 6) is 0.624. The van der Waals surface area contributed by atoms with E-state index in [2.05, 4.69) is 16.4 Å². The molecule has 1 aliphatic carbocycles. The first-order valence-corrected chi connectivity index (χ1v) is 9.06. The SMILES string of the molecule is CC(=O)c1ccc(C#N)c(NCc2ccnc(OC3CCCCC3)c2)c1. The predicted molar refractivity (Wildman–Crippen MR) is 100 cm³/mol. The van der Waals surface area contributed by atoms with E-state index in [-0.39, 0.29) is 11.9 Å². The second-order valence-corrected chi connectivity index (χ2v) is 6.66. The zero-order valence-corrected chi connectivity index (χ0v) is 15.0. The number of nitrogens with one attached hydrogen (secondary N) is 1. The molecule has 0 spiro atoms. The Labute approximate surface area is 154 Å². The minimum absolute atomic E-state index is 0.0235. The Kier molecular flexibility index (Phi) is 5.85. The highest BCUT2D eigenvalue weighted by Crippen LogP contribution is 2.23. The number of ketones is 1. The third-order valence-electron chi connectivity index (χ3n) is 4.67. The lowest BCUT2D eigenvalue weighted by Gasteiger charge is -2.22. The van der Waals surface area contributed by atoms with E-state index in [0.717, 1.165) is 18.4 Å². The lowest BCUT2D eigenvalue weighted by atomic mass is 9.98. The van der Waals surface area contributed by atoms with E-state index >= 15 is 0 Å². The van der Waals surface area contributed by atoms with Crippen LogP contribution in [0, 0.1) is 11.3 Å². The molecule has 26 heavy (non-hydrogen) atoms. The number of pyridine rings is 1. The first-order chi connectivity index (χ1) is 12.7. The van der Waals surface area contributed by atoms with Crippen LogP contribution in [0.5, 0.6) is 5.88 Å². The number of rotatable bonds is 6. The summed E-state index contributed by atoms with van der Waals surface area (Å²) in [6, 6.07) is 11.1.